The van der Waals surface area contributed by atoms with Crippen LogP contribution in [0.25, 0.3) is 0 Å². The van der Waals surface area contributed by atoms with E-state index < -0.39 is 11.9 Å². The van der Waals surface area contributed by atoms with Crippen molar-refractivity contribution in [3.63, 3.8) is 0 Å². The van der Waals surface area contributed by atoms with E-state index in [-0.39, 0.29) is 5.91 Å². The molecule has 0 aliphatic heterocycles. The average molecular weight is 193 g/mol. The summed E-state index contributed by atoms with van der Waals surface area (Å²) in [5.74, 6) is -0.924. The van der Waals surface area contributed by atoms with Gasteiger partial charge in [-0.25, -0.2) is 0 Å². The lowest BCUT2D eigenvalue weighted by molar-refractivity contribution is -0.119. The normalized spacial score (nSPS) is 11.8. The first-order valence-electron chi connectivity index (χ1n) is 4.11. The quantitative estimate of drug-likeness (QED) is 0.690. The molecule has 1 aromatic rings. The monoisotopic (exact) mass is 193 g/mol. The highest BCUT2D eigenvalue weighted by Gasteiger charge is 2.13. The summed E-state index contributed by atoms with van der Waals surface area (Å²) in [4.78, 5) is 25.8. The Labute approximate surface area is 81.3 Å². The molecule has 0 bridgehead atoms. The lowest BCUT2D eigenvalue weighted by Gasteiger charge is -2.09. The van der Waals surface area contributed by atoms with Crippen LogP contribution in [0.2, 0.25) is 0 Å². The maximum absolute atomic E-state index is 11.4. The van der Waals surface area contributed by atoms with Crippen molar-refractivity contribution in [2.75, 3.05) is 0 Å². The van der Waals surface area contributed by atoms with E-state index in [0.717, 1.165) is 0 Å². The number of hydrogen-bond donors (Lipinski definition) is 2. The Balaban J connectivity index is 2.64. The minimum absolute atomic E-state index is 0.357. The number of amides is 2. The van der Waals surface area contributed by atoms with Crippen molar-refractivity contribution in [3.8, 4) is 0 Å². The van der Waals surface area contributed by atoms with Crippen LogP contribution in [-0.2, 0) is 4.79 Å². The topological polar surface area (TPSA) is 85.1 Å². The van der Waals surface area contributed by atoms with Crippen LogP contribution < -0.4 is 11.1 Å². The van der Waals surface area contributed by atoms with Crippen molar-refractivity contribution < 1.29 is 9.59 Å². The second kappa shape index (κ2) is 4.36. The average Bonchev–Trinajstić information content (AvgIpc) is 2.19. The summed E-state index contributed by atoms with van der Waals surface area (Å²) in [7, 11) is 0. The third-order valence-corrected chi connectivity index (χ3v) is 1.70. The molecule has 3 N–H and O–H groups in total. The van der Waals surface area contributed by atoms with E-state index >= 15 is 0 Å². The number of nitrogens with zero attached hydrogens (tertiary/aromatic N) is 1. The van der Waals surface area contributed by atoms with Crippen LogP contribution in [-0.4, -0.2) is 22.8 Å². The third kappa shape index (κ3) is 2.55. The van der Waals surface area contributed by atoms with Gasteiger partial charge in [-0.2, -0.15) is 0 Å². The Bertz CT molecular complexity index is 337. The number of carbonyl (C=O) groups is 2. The molecule has 0 aliphatic carbocycles. The zero-order chi connectivity index (χ0) is 10.6. The molecule has 14 heavy (non-hydrogen) atoms. The van der Waals surface area contributed by atoms with Crippen LogP contribution in [0.4, 0.5) is 0 Å². The van der Waals surface area contributed by atoms with Crippen molar-refractivity contribution >= 4 is 11.8 Å². The van der Waals surface area contributed by atoms with Gasteiger partial charge in [-0.15, -0.1) is 0 Å². The van der Waals surface area contributed by atoms with Crippen LogP contribution in [0, 0.1) is 0 Å². The summed E-state index contributed by atoms with van der Waals surface area (Å²) in [5, 5.41) is 2.44. The summed E-state index contributed by atoms with van der Waals surface area (Å²) in [6, 6.07) is 2.57. The number of nitrogens with one attached hydrogen (secondary N) is 1. The molecule has 0 aliphatic rings. The van der Waals surface area contributed by atoms with Gasteiger partial charge in [0.2, 0.25) is 5.91 Å². The van der Waals surface area contributed by atoms with Gasteiger partial charge in [-0.1, -0.05) is 0 Å². The molecule has 1 aromatic heterocycles. The Morgan fingerprint density at radius 3 is 2.79 bits per heavy atom. The van der Waals surface area contributed by atoms with E-state index in [2.05, 4.69) is 10.3 Å². The maximum Gasteiger partial charge on any atom is 0.253 e. The molecule has 1 rings (SSSR count). The van der Waals surface area contributed by atoms with Gasteiger partial charge >= 0.3 is 0 Å². The number of pyridine rings is 1. The van der Waals surface area contributed by atoms with E-state index in [1.54, 1.807) is 18.3 Å². The van der Waals surface area contributed by atoms with E-state index in [1.807, 2.05) is 0 Å². The summed E-state index contributed by atoms with van der Waals surface area (Å²) < 4.78 is 0. The van der Waals surface area contributed by atoms with Gasteiger partial charge in [0.25, 0.3) is 5.91 Å². The number of carbonyl (C=O) groups excluding carboxylic acids is 2. The smallest absolute Gasteiger partial charge is 0.253 e. The van der Waals surface area contributed by atoms with Crippen LogP contribution >= 0.6 is 0 Å². The van der Waals surface area contributed by atoms with Gasteiger partial charge in [0.05, 0.1) is 5.56 Å². The van der Waals surface area contributed by atoms with Crippen molar-refractivity contribution in [2.24, 2.45) is 5.73 Å². The predicted molar refractivity (Wildman–Crippen MR) is 50.4 cm³/mol. The number of aromatic nitrogens is 1. The van der Waals surface area contributed by atoms with Gasteiger partial charge in [0.15, 0.2) is 0 Å². The van der Waals surface area contributed by atoms with Gasteiger partial charge in [-0.05, 0) is 19.1 Å². The van der Waals surface area contributed by atoms with Gasteiger partial charge in [0.1, 0.15) is 6.04 Å². The molecule has 0 spiro atoms. The SMILES string of the molecule is CC(NC(=O)c1cccnc1)C(N)=O. The number of nitrogens with two attached hydrogens (primary N) is 1. The highest BCUT2D eigenvalue weighted by Crippen LogP contribution is 1.95. The molecular formula is C9H11N3O2. The molecule has 1 heterocycles. The molecule has 0 radical (unpaired) electrons. The molecule has 0 saturated heterocycles. The van der Waals surface area contributed by atoms with Crippen LogP contribution in [0.15, 0.2) is 24.5 Å². The molecule has 2 amide bonds. The minimum Gasteiger partial charge on any atom is -0.368 e. The van der Waals surface area contributed by atoms with Crippen molar-refractivity contribution in [3.05, 3.63) is 30.1 Å². The van der Waals surface area contributed by atoms with E-state index in [9.17, 15) is 9.59 Å². The largest absolute Gasteiger partial charge is 0.368 e. The summed E-state index contributed by atoms with van der Waals surface area (Å²) in [6.07, 6.45) is 2.98. The molecule has 5 nitrogen and oxygen atoms in total. The second-order valence-corrected chi connectivity index (χ2v) is 2.84. The van der Waals surface area contributed by atoms with E-state index in [4.69, 9.17) is 5.73 Å². The van der Waals surface area contributed by atoms with E-state index in [1.165, 1.54) is 13.1 Å². The predicted octanol–water partition coefficient (Wildman–Crippen LogP) is -0.315. The molecule has 74 valence electrons. The molecule has 0 aromatic carbocycles. The second-order valence-electron chi connectivity index (χ2n) is 2.84. The molecular weight excluding hydrogens is 182 g/mol. The summed E-state index contributed by atoms with van der Waals surface area (Å²) in [5.41, 5.74) is 5.40. The molecule has 0 saturated carbocycles. The van der Waals surface area contributed by atoms with Gasteiger partial charge in [-0.3, -0.25) is 14.6 Å². The zero-order valence-corrected chi connectivity index (χ0v) is 7.73. The van der Waals surface area contributed by atoms with Crippen LogP contribution in [0.1, 0.15) is 17.3 Å². The fourth-order valence-corrected chi connectivity index (χ4v) is 0.848. The maximum atomic E-state index is 11.4. The van der Waals surface area contributed by atoms with Crippen molar-refractivity contribution in [1.29, 1.82) is 0 Å². The molecule has 5 heteroatoms. The molecule has 1 atom stereocenters. The van der Waals surface area contributed by atoms with Gasteiger partial charge in [0, 0.05) is 12.4 Å². The lowest BCUT2D eigenvalue weighted by Crippen LogP contribution is -2.42. The zero-order valence-electron chi connectivity index (χ0n) is 7.73. The summed E-state index contributed by atoms with van der Waals surface area (Å²) >= 11 is 0. The third-order valence-electron chi connectivity index (χ3n) is 1.70. The Morgan fingerprint density at radius 2 is 2.29 bits per heavy atom. The number of hydrogen-bond acceptors (Lipinski definition) is 3. The Morgan fingerprint density at radius 1 is 1.57 bits per heavy atom. The first kappa shape index (κ1) is 10.2. The number of primary amides is 1. The van der Waals surface area contributed by atoms with Gasteiger partial charge < -0.3 is 11.1 Å². The highest BCUT2D eigenvalue weighted by atomic mass is 16.2. The van der Waals surface area contributed by atoms with Crippen LogP contribution in [0.5, 0.6) is 0 Å². The minimum atomic E-state index is -0.678. The van der Waals surface area contributed by atoms with Crippen molar-refractivity contribution in [2.45, 2.75) is 13.0 Å². The standard InChI is InChI=1S/C9H11N3O2/c1-6(8(10)13)12-9(14)7-3-2-4-11-5-7/h2-6H,1H3,(H2,10,13)(H,12,14). The van der Waals surface area contributed by atoms with E-state index in [0.29, 0.717) is 5.56 Å². The lowest BCUT2D eigenvalue weighted by atomic mass is 10.2. The first-order chi connectivity index (χ1) is 6.61. The molecule has 0 fully saturated rings. The Hall–Kier alpha value is -1.91. The van der Waals surface area contributed by atoms with Crippen molar-refractivity contribution in [1.82, 2.24) is 10.3 Å². The number of rotatable bonds is 3. The first-order valence-corrected chi connectivity index (χ1v) is 4.11. The fourth-order valence-electron chi connectivity index (χ4n) is 0.848. The Kier molecular flexibility index (Phi) is 3.17. The highest BCUT2D eigenvalue weighted by molar-refractivity contribution is 5.96. The fraction of sp³-hybridized carbons (Fsp3) is 0.222. The molecule has 1 unspecified atom stereocenters. The summed E-state index contributed by atoms with van der Waals surface area (Å²) in [6.45, 7) is 1.52. The van der Waals surface area contributed by atoms with Crippen LogP contribution in [0.3, 0.4) is 0 Å².